The number of benzene rings is 8. The van der Waals surface area contributed by atoms with Crippen LogP contribution in [0.25, 0.3) is 75.8 Å². The smallest absolute Gasteiger partial charge is 0.127 e. The molecule has 0 aliphatic rings. The lowest BCUT2D eigenvalue weighted by Gasteiger charge is -2.20. The van der Waals surface area contributed by atoms with E-state index in [1.165, 1.54) is 0 Å². The van der Waals surface area contributed by atoms with Crippen LogP contribution >= 0.6 is 0 Å². The number of hydrogen-bond donors (Lipinski definition) is 2. The van der Waals surface area contributed by atoms with Crippen LogP contribution < -0.4 is 0 Å². The minimum Gasteiger partial charge on any atom is -0.507 e. The van der Waals surface area contributed by atoms with Crippen LogP contribution in [0.2, 0.25) is 0 Å². The molecule has 0 heterocycles. The molecule has 0 aliphatic carbocycles. The molecule has 0 saturated heterocycles. The molecule has 8 aromatic rings. The molecule has 8 rings (SSSR count). The van der Waals surface area contributed by atoms with Gasteiger partial charge in [-0.2, -0.15) is 0 Å². The van der Waals surface area contributed by atoms with Crippen molar-refractivity contribution in [2.75, 3.05) is 0 Å². The fourth-order valence-electron chi connectivity index (χ4n) is 6.73. The Balaban J connectivity index is 1.71. The monoisotopic (exact) mass is 514 g/mol. The summed E-state index contributed by atoms with van der Waals surface area (Å²) in [5, 5.41) is 36.7. The van der Waals surface area contributed by atoms with Gasteiger partial charge in [0.15, 0.2) is 0 Å². The lowest BCUT2D eigenvalue weighted by molar-refractivity contribution is 0.466. The Morgan fingerprint density at radius 3 is 1.15 bits per heavy atom. The quantitative estimate of drug-likeness (QED) is 0.214. The van der Waals surface area contributed by atoms with Crippen molar-refractivity contribution in [3.05, 3.63) is 120 Å². The molecule has 2 heteroatoms. The zero-order chi connectivity index (χ0) is 27.1. The first-order valence-electron chi connectivity index (χ1n) is 13.6. The van der Waals surface area contributed by atoms with Gasteiger partial charge in [0.1, 0.15) is 11.5 Å². The Hall–Kier alpha value is -5.08. The number of phenols is 2. The molecular weight excluding hydrogens is 488 g/mol. The maximum atomic E-state index is 11.9. The van der Waals surface area contributed by atoms with Crippen molar-refractivity contribution >= 4 is 64.6 Å². The van der Waals surface area contributed by atoms with Gasteiger partial charge in [-0.3, -0.25) is 0 Å². The first-order valence-corrected chi connectivity index (χ1v) is 13.6. The number of hydrogen-bond acceptors (Lipinski definition) is 2. The van der Waals surface area contributed by atoms with Crippen molar-refractivity contribution in [2.45, 2.75) is 13.8 Å². The van der Waals surface area contributed by atoms with Gasteiger partial charge in [-0.15, -0.1) is 0 Å². The Bertz CT molecular complexity index is 2190. The van der Waals surface area contributed by atoms with Gasteiger partial charge in [0.05, 0.1) is 0 Å². The summed E-state index contributed by atoms with van der Waals surface area (Å²) in [6, 6.07) is 38.1. The predicted octanol–water partition coefficient (Wildman–Crippen LogP) is 10.3. The zero-order valence-electron chi connectivity index (χ0n) is 22.3. The van der Waals surface area contributed by atoms with Gasteiger partial charge in [0, 0.05) is 21.9 Å². The van der Waals surface area contributed by atoms with E-state index in [-0.39, 0.29) is 11.5 Å². The van der Waals surface area contributed by atoms with Crippen LogP contribution in [-0.4, -0.2) is 10.2 Å². The number of rotatable bonds is 1. The standard InChI is InChI=1S/C38H26O2/c1-21-19-27-17-15-25-13-11-23-7-3-5-9-29(23)31(25)33(27)35(37(21)39)36-34-28(20-22(2)38(36)40)18-16-26-14-12-24-8-4-6-10-30(24)32(26)34/h3-20,39-40H,1-2H3. The summed E-state index contributed by atoms with van der Waals surface area (Å²) in [7, 11) is 0. The van der Waals surface area contributed by atoms with Gasteiger partial charge >= 0.3 is 0 Å². The van der Waals surface area contributed by atoms with Crippen molar-refractivity contribution in [2.24, 2.45) is 0 Å². The molecule has 2 N–H and O–H groups in total. The molecule has 0 bridgehead atoms. The maximum Gasteiger partial charge on any atom is 0.127 e. The van der Waals surface area contributed by atoms with E-state index in [2.05, 4.69) is 109 Å². The minimum atomic E-state index is 0.201. The highest BCUT2D eigenvalue weighted by Crippen LogP contribution is 2.51. The number of aromatic hydroxyl groups is 2. The van der Waals surface area contributed by atoms with Crippen LogP contribution in [0.3, 0.4) is 0 Å². The minimum absolute atomic E-state index is 0.201. The largest absolute Gasteiger partial charge is 0.507 e. The molecule has 8 aromatic carbocycles. The van der Waals surface area contributed by atoms with Crippen molar-refractivity contribution in [1.82, 2.24) is 0 Å². The lowest BCUT2D eigenvalue weighted by atomic mass is 9.84. The van der Waals surface area contributed by atoms with E-state index in [9.17, 15) is 10.2 Å². The average molecular weight is 515 g/mol. The van der Waals surface area contributed by atoms with E-state index in [0.717, 1.165) is 75.8 Å². The van der Waals surface area contributed by atoms with Crippen LogP contribution in [0.5, 0.6) is 11.5 Å². The van der Waals surface area contributed by atoms with Gasteiger partial charge in [-0.05, 0) is 91.0 Å². The second kappa shape index (κ2) is 8.21. The molecule has 0 fully saturated rings. The van der Waals surface area contributed by atoms with E-state index < -0.39 is 0 Å². The molecule has 40 heavy (non-hydrogen) atoms. The second-order valence-electron chi connectivity index (χ2n) is 10.9. The first-order chi connectivity index (χ1) is 19.5. The summed E-state index contributed by atoms with van der Waals surface area (Å²) in [4.78, 5) is 0. The summed E-state index contributed by atoms with van der Waals surface area (Å²) >= 11 is 0. The molecule has 2 nitrogen and oxygen atoms in total. The molecule has 0 radical (unpaired) electrons. The molecule has 0 aromatic heterocycles. The number of fused-ring (bicyclic) bond motifs is 10. The fourth-order valence-corrected chi connectivity index (χ4v) is 6.73. The van der Waals surface area contributed by atoms with Crippen LogP contribution in [0.15, 0.2) is 109 Å². The molecule has 0 atom stereocenters. The summed E-state index contributed by atoms with van der Waals surface area (Å²) < 4.78 is 0. The molecule has 0 unspecified atom stereocenters. The first kappa shape index (κ1) is 22.9. The third-order valence-electron chi connectivity index (χ3n) is 8.60. The average Bonchev–Trinajstić information content (AvgIpc) is 2.98. The van der Waals surface area contributed by atoms with Crippen molar-refractivity contribution < 1.29 is 10.2 Å². The molecule has 190 valence electrons. The van der Waals surface area contributed by atoms with Gasteiger partial charge in [0.2, 0.25) is 0 Å². The molecule has 0 spiro atoms. The Kier molecular flexibility index (Phi) is 4.69. The topological polar surface area (TPSA) is 40.5 Å². The van der Waals surface area contributed by atoms with E-state index in [1.54, 1.807) is 0 Å². The van der Waals surface area contributed by atoms with Crippen LogP contribution in [0.4, 0.5) is 0 Å². The van der Waals surface area contributed by atoms with Gasteiger partial charge in [-0.1, -0.05) is 97.1 Å². The van der Waals surface area contributed by atoms with Crippen molar-refractivity contribution in [3.8, 4) is 22.6 Å². The van der Waals surface area contributed by atoms with E-state index >= 15 is 0 Å². The summed E-state index contributed by atoms with van der Waals surface area (Å²) in [6.45, 7) is 3.88. The highest BCUT2D eigenvalue weighted by molar-refractivity contribution is 6.30. The summed E-state index contributed by atoms with van der Waals surface area (Å²) in [5.41, 5.74) is 2.93. The molecule has 0 aliphatic heterocycles. The van der Waals surface area contributed by atoms with E-state index in [1.807, 2.05) is 13.8 Å². The summed E-state index contributed by atoms with van der Waals surface area (Å²) in [5.74, 6) is 0.403. The molecule has 0 saturated carbocycles. The van der Waals surface area contributed by atoms with Gasteiger partial charge < -0.3 is 10.2 Å². The van der Waals surface area contributed by atoms with Gasteiger partial charge in [0.25, 0.3) is 0 Å². The van der Waals surface area contributed by atoms with Crippen molar-refractivity contribution in [1.29, 1.82) is 0 Å². The van der Waals surface area contributed by atoms with Crippen LogP contribution in [0, 0.1) is 13.8 Å². The van der Waals surface area contributed by atoms with Gasteiger partial charge in [-0.25, -0.2) is 0 Å². The van der Waals surface area contributed by atoms with Crippen molar-refractivity contribution in [3.63, 3.8) is 0 Å². The molecular formula is C38H26O2. The lowest BCUT2D eigenvalue weighted by Crippen LogP contribution is -1.93. The second-order valence-corrected chi connectivity index (χ2v) is 10.9. The van der Waals surface area contributed by atoms with E-state index in [0.29, 0.717) is 11.1 Å². The highest BCUT2D eigenvalue weighted by atomic mass is 16.3. The Morgan fingerprint density at radius 2 is 0.725 bits per heavy atom. The predicted molar refractivity (Wildman–Crippen MR) is 170 cm³/mol. The number of aryl methyl sites for hydroxylation is 2. The Labute approximate surface area is 231 Å². The maximum absolute atomic E-state index is 11.9. The van der Waals surface area contributed by atoms with E-state index in [4.69, 9.17) is 0 Å². The fraction of sp³-hybridized carbons (Fsp3) is 0.0526. The zero-order valence-corrected chi connectivity index (χ0v) is 22.3. The normalized spacial score (nSPS) is 11.9. The molecule has 0 amide bonds. The SMILES string of the molecule is Cc1cc2ccc3ccc4ccccc4c3c2c(-c2c(O)c(C)cc3ccc4ccc5ccccc5c4c23)c1O. The highest BCUT2D eigenvalue weighted by Gasteiger charge is 2.24. The van der Waals surface area contributed by atoms with Crippen LogP contribution in [-0.2, 0) is 0 Å². The Morgan fingerprint density at radius 1 is 0.375 bits per heavy atom. The number of phenolic OH excluding ortho intramolecular Hbond substituents is 2. The van der Waals surface area contributed by atoms with Crippen LogP contribution in [0.1, 0.15) is 11.1 Å². The third kappa shape index (κ3) is 3.05. The summed E-state index contributed by atoms with van der Waals surface area (Å²) in [6.07, 6.45) is 0. The third-order valence-corrected chi connectivity index (χ3v) is 8.60.